The largest absolute Gasteiger partial charge is 0.311 e. The van der Waals surface area contributed by atoms with E-state index in [1.54, 1.807) is 0 Å². The molecule has 0 aromatic rings. The summed E-state index contributed by atoms with van der Waals surface area (Å²) in [5.41, 5.74) is 0. The lowest BCUT2D eigenvalue weighted by Crippen LogP contribution is -2.33. The van der Waals surface area contributed by atoms with Crippen LogP contribution in [0.1, 0.15) is 12.8 Å². The fraction of sp³-hybridized carbons (Fsp3) is 0.571. The van der Waals surface area contributed by atoms with Crippen molar-refractivity contribution in [3.8, 4) is 0 Å². The third kappa shape index (κ3) is 1.19. The van der Waals surface area contributed by atoms with Gasteiger partial charge >= 0.3 is 0 Å². The Balaban J connectivity index is 2.54. The lowest BCUT2D eigenvalue weighted by molar-refractivity contribution is -0.136. The Bertz CT molecular complexity index is 156. The maximum Gasteiger partial charge on any atom is 0.224 e. The van der Waals surface area contributed by atoms with Crippen molar-refractivity contribution >= 4 is 5.91 Å². The fourth-order valence-corrected chi connectivity index (χ4v) is 1.07. The number of hydrogen-bond acceptors (Lipinski definition) is 1. The molecule has 1 heterocycles. The van der Waals surface area contributed by atoms with Crippen molar-refractivity contribution in [3.63, 3.8) is 0 Å². The molecule has 1 aliphatic rings. The van der Waals surface area contributed by atoms with Crippen molar-refractivity contribution < 1.29 is 9.90 Å². The van der Waals surface area contributed by atoms with E-state index < -0.39 is 6.23 Å². The normalized spacial score (nSPS) is 21.3. The Kier molecular flexibility index (Phi) is 2.06. The number of hydrogen-bond donors (Lipinski definition) is 0. The zero-order chi connectivity index (χ0) is 7.56. The van der Waals surface area contributed by atoms with Crippen molar-refractivity contribution in [2.75, 3.05) is 6.54 Å². The molecule has 0 N–H and O–H groups in total. The first-order chi connectivity index (χ1) is 4.75. The number of likely N-dealkylation sites (tertiary alicyclic amines) is 1. The van der Waals surface area contributed by atoms with Gasteiger partial charge in [-0.1, -0.05) is 6.58 Å². The van der Waals surface area contributed by atoms with E-state index in [2.05, 4.69) is 6.58 Å². The molecule has 3 nitrogen and oxygen atoms in total. The second kappa shape index (κ2) is 2.84. The van der Waals surface area contributed by atoms with Gasteiger partial charge in [0, 0.05) is 13.0 Å². The highest BCUT2D eigenvalue weighted by Crippen LogP contribution is 2.12. The van der Waals surface area contributed by atoms with Crippen molar-refractivity contribution in [2.24, 2.45) is 0 Å². The minimum atomic E-state index is -1.03. The third-order valence-electron chi connectivity index (χ3n) is 1.62. The molecule has 1 unspecified atom stereocenters. The highest BCUT2D eigenvalue weighted by atomic mass is 16.3. The molecule has 55 valence electrons. The molecule has 0 bridgehead atoms. The Labute approximate surface area is 59.9 Å². The predicted molar refractivity (Wildman–Crippen MR) is 35.6 cm³/mol. The third-order valence-corrected chi connectivity index (χ3v) is 1.62. The van der Waals surface area contributed by atoms with Crippen LogP contribution >= 0.6 is 0 Å². The Morgan fingerprint density at radius 1 is 1.70 bits per heavy atom. The molecule has 0 aromatic carbocycles. The van der Waals surface area contributed by atoms with Crippen LogP contribution in [0.15, 0.2) is 12.7 Å². The summed E-state index contributed by atoms with van der Waals surface area (Å²) in [6.45, 7) is 3.93. The lowest BCUT2D eigenvalue weighted by atomic mass is 10.4. The highest BCUT2D eigenvalue weighted by Gasteiger charge is 2.24. The summed E-state index contributed by atoms with van der Waals surface area (Å²) in [6, 6.07) is 0. The standard InChI is InChI=1S/C7H10NO2/c1-2-6(9)8-5-3-4-7(8)10/h2,6H,1,3-5H2. The summed E-state index contributed by atoms with van der Waals surface area (Å²) in [5, 5.41) is 10.9. The van der Waals surface area contributed by atoms with Gasteiger partial charge in [0.2, 0.25) is 5.91 Å². The maximum absolute atomic E-state index is 10.9. The molecule has 0 saturated carbocycles. The Hall–Kier alpha value is -0.830. The van der Waals surface area contributed by atoms with Gasteiger partial charge in [0.1, 0.15) is 0 Å². The van der Waals surface area contributed by atoms with Gasteiger partial charge in [-0.15, -0.1) is 0 Å². The van der Waals surface area contributed by atoms with E-state index in [0.29, 0.717) is 13.0 Å². The van der Waals surface area contributed by atoms with Crippen molar-refractivity contribution in [3.05, 3.63) is 12.7 Å². The zero-order valence-electron chi connectivity index (χ0n) is 5.75. The first kappa shape index (κ1) is 7.28. The van der Waals surface area contributed by atoms with E-state index in [4.69, 9.17) is 0 Å². The van der Waals surface area contributed by atoms with E-state index in [9.17, 15) is 9.90 Å². The molecule has 0 spiro atoms. The van der Waals surface area contributed by atoms with E-state index >= 15 is 0 Å². The van der Waals surface area contributed by atoms with Gasteiger partial charge in [-0.2, -0.15) is 0 Å². The average Bonchev–Trinajstić information content (AvgIpc) is 2.34. The topological polar surface area (TPSA) is 40.2 Å². The van der Waals surface area contributed by atoms with Gasteiger partial charge in [0.15, 0.2) is 6.23 Å². The van der Waals surface area contributed by atoms with Crippen LogP contribution < -0.4 is 0 Å². The molecule has 3 heteroatoms. The molecule has 1 fully saturated rings. The number of amides is 1. The minimum absolute atomic E-state index is 0.0418. The summed E-state index contributed by atoms with van der Waals surface area (Å²) < 4.78 is 0. The number of carbonyl (C=O) groups is 1. The molecule has 1 atom stereocenters. The molecule has 10 heavy (non-hydrogen) atoms. The molecule has 1 saturated heterocycles. The molecule has 0 aromatic heterocycles. The van der Waals surface area contributed by atoms with Gasteiger partial charge in [-0.3, -0.25) is 4.79 Å². The molecular weight excluding hydrogens is 130 g/mol. The van der Waals surface area contributed by atoms with E-state index in [1.807, 2.05) is 0 Å². The summed E-state index contributed by atoms with van der Waals surface area (Å²) in [7, 11) is 0. The van der Waals surface area contributed by atoms with E-state index in [-0.39, 0.29) is 5.91 Å². The molecule has 1 aliphatic heterocycles. The second-order valence-corrected chi connectivity index (χ2v) is 2.32. The van der Waals surface area contributed by atoms with Crippen LogP contribution in [-0.2, 0) is 9.90 Å². The zero-order valence-corrected chi connectivity index (χ0v) is 5.75. The number of rotatable bonds is 2. The minimum Gasteiger partial charge on any atom is -0.311 e. The van der Waals surface area contributed by atoms with Gasteiger partial charge in [0.25, 0.3) is 0 Å². The van der Waals surface area contributed by atoms with Gasteiger partial charge < -0.3 is 4.90 Å². The summed E-state index contributed by atoms with van der Waals surface area (Å²) in [5.74, 6) is -0.0418. The van der Waals surface area contributed by atoms with Crippen LogP contribution in [0.25, 0.3) is 0 Å². The Morgan fingerprint density at radius 2 is 2.40 bits per heavy atom. The Morgan fingerprint density at radius 3 is 2.80 bits per heavy atom. The fourth-order valence-electron chi connectivity index (χ4n) is 1.07. The number of carbonyl (C=O) groups excluding carboxylic acids is 1. The molecule has 0 aliphatic carbocycles. The van der Waals surface area contributed by atoms with Gasteiger partial charge in [0.05, 0.1) is 0 Å². The molecular formula is C7H10NO2. The molecule has 1 radical (unpaired) electrons. The van der Waals surface area contributed by atoms with Crippen molar-refractivity contribution in [2.45, 2.75) is 19.1 Å². The van der Waals surface area contributed by atoms with E-state index in [1.165, 1.54) is 11.0 Å². The predicted octanol–water partition coefficient (Wildman–Crippen LogP) is 0.551. The van der Waals surface area contributed by atoms with Crippen LogP contribution in [0.5, 0.6) is 0 Å². The quantitative estimate of drug-likeness (QED) is 0.516. The smallest absolute Gasteiger partial charge is 0.224 e. The maximum atomic E-state index is 10.9. The van der Waals surface area contributed by atoms with E-state index in [0.717, 1.165) is 6.42 Å². The second-order valence-electron chi connectivity index (χ2n) is 2.32. The summed E-state index contributed by atoms with van der Waals surface area (Å²) in [6.07, 6.45) is 1.55. The highest BCUT2D eigenvalue weighted by molar-refractivity contribution is 5.78. The summed E-state index contributed by atoms with van der Waals surface area (Å²) in [4.78, 5) is 12.2. The monoisotopic (exact) mass is 140 g/mol. The van der Waals surface area contributed by atoms with Crippen LogP contribution in [0, 0.1) is 0 Å². The first-order valence-electron chi connectivity index (χ1n) is 3.33. The van der Waals surface area contributed by atoms with Crippen LogP contribution in [-0.4, -0.2) is 23.6 Å². The SMILES string of the molecule is C=CC([O])N1CCCC1=O. The molecule has 1 amide bonds. The van der Waals surface area contributed by atoms with Crippen LogP contribution in [0.2, 0.25) is 0 Å². The lowest BCUT2D eigenvalue weighted by Gasteiger charge is -2.16. The van der Waals surface area contributed by atoms with Gasteiger partial charge in [-0.25, -0.2) is 5.11 Å². The van der Waals surface area contributed by atoms with Crippen molar-refractivity contribution in [1.29, 1.82) is 0 Å². The molecule has 1 rings (SSSR count). The van der Waals surface area contributed by atoms with Gasteiger partial charge in [-0.05, 0) is 12.5 Å². The average molecular weight is 140 g/mol. The first-order valence-corrected chi connectivity index (χ1v) is 3.33. The summed E-state index contributed by atoms with van der Waals surface area (Å²) >= 11 is 0. The number of nitrogens with zero attached hydrogens (tertiary/aromatic N) is 1. The van der Waals surface area contributed by atoms with Crippen LogP contribution in [0.4, 0.5) is 0 Å². The van der Waals surface area contributed by atoms with Crippen LogP contribution in [0.3, 0.4) is 0 Å². The van der Waals surface area contributed by atoms with Crippen molar-refractivity contribution in [1.82, 2.24) is 4.90 Å².